The summed E-state index contributed by atoms with van der Waals surface area (Å²) in [5, 5.41) is 0. The second-order valence-corrected chi connectivity index (χ2v) is 5.46. The third kappa shape index (κ3) is 1.54. The van der Waals surface area contributed by atoms with Crippen molar-refractivity contribution in [2.24, 2.45) is 0 Å². The zero-order valence-electron chi connectivity index (χ0n) is 6.47. The van der Waals surface area contributed by atoms with E-state index in [1.54, 1.807) is 11.3 Å². The van der Waals surface area contributed by atoms with E-state index in [1.165, 1.54) is 7.76 Å². The number of thiophene rings is 1. The zero-order valence-corrected chi connectivity index (χ0v) is 9.44. The highest BCUT2D eigenvalue weighted by Crippen LogP contribution is 2.27. The average Bonchev–Trinajstić information content (AvgIpc) is 2.58. The van der Waals surface area contributed by atoms with Crippen LogP contribution >= 0.6 is 33.9 Å². The molecule has 0 aliphatic heterocycles. The van der Waals surface area contributed by atoms with Gasteiger partial charge in [0.1, 0.15) is 5.82 Å². The fourth-order valence-corrected chi connectivity index (χ4v) is 2.59. The van der Waals surface area contributed by atoms with Crippen LogP contribution in [0.1, 0.15) is 5.82 Å². The fraction of sp³-hybridized carbons (Fsp3) is 0.125. The maximum Gasteiger partial charge on any atom is 0.103 e. The number of nitrogens with zero attached hydrogens (tertiary/aromatic N) is 1. The van der Waals surface area contributed by atoms with Crippen molar-refractivity contribution in [2.75, 3.05) is 0 Å². The maximum atomic E-state index is 4.15. The van der Waals surface area contributed by atoms with Gasteiger partial charge in [-0.2, -0.15) is 0 Å². The number of nitrogens with one attached hydrogen (secondary N) is 1. The predicted molar refractivity (Wildman–Crippen MR) is 59.4 cm³/mol. The van der Waals surface area contributed by atoms with Gasteiger partial charge in [-0.1, -0.05) is 0 Å². The lowest BCUT2D eigenvalue weighted by molar-refractivity contribution is 1.15. The van der Waals surface area contributed by atoms with Crippen LogP contribution in [0.4, 0.5) is 0 Å². The van der Waals surface area contributed by atoms with E-state index in [-0.39, 0.29) is 0 Å². The Kier molecular flexibility index (Phi) is 2.18. The molecule has 0 radical (unpaired) electrons. The quantitative estimate of drug-likeness (QED) is 0.803. The van der Waals surface area contributed by atoms with Gasteiger partial charge < -0.3 is 4.98 Å². The lowest BCUT2D eigenvalue weighted by Crippen LogP contribution is -1.71. The molecule has 2 nitrogen and oxygen atoms in total. The van der Waals surface area contributed by atoms with E-state index in [2.05, 4.69) is 44.7 Å². The van der Waals surface area contributed by atoms with E-state index in [0.717, 1.165) is 11.5 Å². The van der Waals surface area contributed by atoms with Gasteiger partial charge in [-0.15, -0.1) is 11.3 Å². The summed E-state index contributed by atoms with van der Waals surface area (Å²) in [4.78, 5) is 8.60. The van der Waals surface area contributed by atoms with Crippen molar-refractivity contribution in [3.8, 4) is 10.6 Å². The molecule has 0 aromatic carbocycles. The van der Waals surface area contributed by atoms with Crippen molar-refractivity contribution in [2.45, 2.75) is 6.92 Å². The molecular weight excluding hydrogens is 283 g/mol. The average molecular weight is 290 g/mol. The molecule has 0 saturated carbocycles. The molecule has 62 valence electrons. The molecule has 2 aromatic rings. The normalized spacial score (nSPS) is 10.5. The van der Waals surface area contributed by atoms with Gasteiger partial charge >= 0.3 is 0 Å². The smallest absolute Gasteiger partial charge is 0.103 e. The lowest BCUT2D eigenvalue weighted by Gasteiger charge is -1.87. The molecule has 0 atom stereocenters. The predicted octanol–water partition coefficient (Wildman–Crippen LogP) is 3.05. The molecule has 2 aromatic heterocycles. The molecule has 4 heteroatoms. The Labute approximate surface area is 88.2 Å². The third-order valence-electron chi connectivity index (χ3n) is 1.54. The number of aryl methyl sites for hydroxylation is 1. The second kappa shape index (κ2) is 3.18. The van der Waals surface area contributed by atoms with Crippen molar-refractivity contribution in [3.05, 3.63) is 27.0 Å². The van der Waals surface area contributed by atoms with Gasteiger partial charge in [-0.05, 0) is 41.6 Å². The minimum absolute atomic E-state index is 0.966. The van der Waals surface area contributed by atoms with Gasteiger partial charge in [0.25, 0.3) is 0 Å². The first-order chi connectivity index (χ1) is 5.75. The number of H-pyrrole nitrogens is 1. The molecule has 0 unspecified atom stereocenters. The number of aromatic nitrogens is 2. The van der Waals surface area contributed by atoms with Crippen molar-refractivity contribution in [1.82, 2.24) is 9.97 Å². The van der Waals surface area contributed by atoms with Crippen molar-refractivity contribution >= 4 is 33.9 Å². The topological polar surface area (TPSA) is 28.7 Å². The number of hydrogen-bond donors (Lipinski definition) is 1. The number of hydrogen-bond acceptors (Lipinski definition) is 2. The van der Waals surface area contributed by atoms with Crippen molar-refractivity contribution in [3.63, 3.8) is 0 Å². The van der Waals surface area contributed by atoms with Gasteiger partial charge in [-0.25, -0.2) is 4.98 Å². The number of aromatic amines is 1. The lowest BCUT2D eigenvalue weighted by atomic mass is 10.4. The van der Waals surface area contributed by atoms with Crippen LogP contribution in [0.2, 0.25) is 0 Å². The van der Waals surface area contributed by atoms with Gasteiger partial charge in [0, 0.05) is 0 Å². The van der Waals surface area contributed by atoms with E-state index in [9.17, 15) is 0 Å². The molecule has 12 heavy (non-hydrogen) atoms. The first-order valence-corrected chi connectivity index (χ1v) is 5.42. The molecule has 0 spiro atoms. The molecule has 0 amide bonds. The Balaban J connectivity index is 2.43. The Bertz CT molecular complexity index is 353. The summed E-state index contributed by atoms with van der Waals surface area (Å²) in [6, 6.07) is 4.22. The molecule has 0 aliphatic carbocycles. The highest BCUT2D eigenvalue weighted by atomic mass is 127. The monoisotopic (exact) mass is 290 g/mol. The summed E-state index contributed by atoms with van der Waals surface area (Å²) < 4.78 is 1.30. The summed E-state index contributed by atoms with van der Waals surface area (Å²) in [7, 11) is 0. The van der Waals surface area contributed by atoms with Gasteiger partial charge in [-0.3, -0.25) is 0 Å². The first-order valence-electron chi connectivity index (χ1n) is 3.53. The minimum atomic E-state index is 0.966. The van der Waals surface area contributed by atoms with Crippen LogP contribution in [0.15, 0.2) is 18.3 Å². The molecule has 0 bridgehead atoms. The summed E-state index contributed by atoms with van der Waals surface area (Å²) in [6.07, 6.45) is 1.87. The Morgan fingerprint density at radius 2 is 2.33 bits per heavy atom. The molecule has 2 heterocycles. The van der Waals surface area contributed by atoms with Crippen molar-refractivity contribution < 1.29 is 0 Å². The van der Waals surface area contributed by atoms with Crippen molar-refractivity contribution in [1.29, 1.82) is 0 Å². The zero-order chi connectivity index (χ0) is 8.55. The first kappa shape index (κ1) is 8.25. The molecule has 2 rings (SSSR count). The maximum absolute atomic E-state index is 4.15. The second-order valence-electron chi connectivity index (χ2n) is 2.49. The van der Waals surface area contributed by atoms with E-state index < -0.39 is 0 Å². The Morgan fingerprint density at radius 1 is 1.50 bits per heavy atom. The van der Waals surface area contributed by atoms with E-state index in [4.69, 9.17) is 0 Å². The summed E-state index contributed by atoms with van der Waals surface area (Å²) >= 11 is 4.09. The highest BCUT2D eigenvalue weighted by Gasteiger charge is 2.02. The van der Waals surface area contributed by atoms with E-state index in [0.29, 0.717) is 0 Å². The summed E-state index contributed by atoms with van der Waals surface area (Å²) in [5.74, 6) is 0.966. The molecule has 0 saturated heterocycles. The molecule has 0 fully saturated rings. The summed E-state index contributed by atoms with van der Waals surface area (Å²) in [5.41, 5.74) is 1.11. The van der Waals surface area contributed by atoms with E-state index >= 15 is 0 Å². The number of imidazole rings is 1. The highest BCUT2D eigenvalue weighted by molar-refractivity contribution is 14.1. The van der Waals surface area contributed by atoms with Crippen LogP contribution < -0.4 is 0 Å². The van der Waals surface area contributed by atoms with Crippen LogP contribution in [-0.4, -0.2) is 9.97 Å². The Hall–Kier alpha value is -0.360. The van der Waals surface area contributed by atoms with Crippen LogP contribution in [0.5, 0.6) is 0 Å². The third-order valence-corrected chi connectivity index (χ3v) is 3.47. The van der Waals surface area contributed by atoms with Crippen LogP contribution in [0.3, 0.4) is 0 Å². The number of halogens is 1. The number of rotatable bonds is 1. The largest absolute Gasteiger partial charge is 0.342 e. The van der Waals surface area contributed by atoms with Gasteiger partial charge in [0.2, 0.25) is 0 Å². The molecule has 0 aliphatic rings. The Morgan fingerprint density at radius 3 is 2.83 bits per heavy atom. The fourth-order valence-electron chi connectivity index (χ4n) is 1.01. The van der Waals surface area contributed by atoms with Crippen LogP contribution in [0.25, 0.3) is 10.6 Å². The van der Waals surface area contributed by atoms with Crippen LogP contribution in [0, 0.1) is 9.81 Å². The van der Waals surface area contributed by atoms with Crippen LogP contribution in [-0.2, 0) is 0 Å². The van der Waals surface area contributed by atoms with Gasteiger partial charge in [0.05, 0.1) is 19.7 Å². The molecular formula is C8H7IN2S. The minimum Gasteiger partial charge on any atom is -0.342 e. The standard InChI is InChI=1S/C8H7IN2S/c1-5-10-4-6(11-5)7-2-3-8(9)12-7/h2-4H,1H3,(H,10,11). The molecule has 1 N–H and O–H groups in total. The SMILES string of the molecule is Cc1ncc(-c2ccc(I)s2)[nH]1. The van der Waals surface area contributed by atoms with E-state index in [1.807, 2.05) is 13.1 Å². The summed E-state index contributed by atoms with van der Waals surface area (Å²) in [6.45, 7) is 1.96. The van der Waals surface area contributed by atoms with Gasteiger partial charge in [0.15, 0.2) is 0 Å².